The van der Waals surface area contributed by atoms with Gasteiger partial charge in [0.15, 0.2) is 5.78 Å². The van der Waals surface area contributed by atoms with Gasteiger partial charge < -0.3 is 5.11 Å². The minimum Gasteiger partial charge on any atom is -0.478 e. The van der Waals surface area contributed by atoms with Crippen LogP contribution < -0.4 is 0 Å². The maximum absolute atomic E-state index is 12.5. The Morgan fingerprint density at radius 2 is 1.35 bits per heavy atom. The van der Waals surface area contributed by atoms with Crippen molar-refractivity contribution < 1.29 is 14.7 Å². The summed E-state index contributed by atoms with van der Waals surface area (Å²) in [5.74, 6) is -0.847. The molecule has 3 nitrogen and oxygen atoms in total. The molecule has 23 heavy (non-hydrogen) atoms. The molecule has 112 valence electrons. The maximum atomic E-state index is 12.5. The van der Waals surface area contributed by atoms with E-state index in [4.69, 9.17) is 5.11 Å². The summed E-state index contributed by atoms with van der Waals surface area (Å²) in [5, 5.41) is 9.82. The van der Waals surface area contributed by atoms with E-state index in [0.717, 1.165) is 33.5 Å². The lowest BCUT2D eigenvalue weighted by molar-refractivity contribution is -0.131. The quantitative estimate of drug-likeness (QED) is 0.533. The van der Waals surface area contributed by atoms with E-state index >= 15 is 0 Å². The summed E-state index contributed by atoms with van der Waals surface area (Å²) < 4.78 is 0. The Hall–Kier alpha value is -3.20. The van der Waals surface area contributed by atoms with Crippen molar-refractivity contribution in [2.75, 3.05) is 0 Å². The standard InChI is InChI=1S/C17H10O.C3H4O2/c18-17-14-8-2-1-7-12(14)13-9-3-5-11-6-4-10-15(17)16(11)13;1-2-3(4)5/h1-10H;2H,1H2,(H,4,5). The van der Waals surface area contributed by atoms with Gasteiger partial charge >= 0.3 is 5.97 Å². The van der Waals surface area contributed by atoms with Crippen LogP contribution in [-0.2, 0) is 4.79 Å². The molecule has 0 saturated carbocycles. The van der Waals surface area contributed by atoms with Crippen molar-refractivity contribution in [2.24, 2.45) is 0 Å². The molecule has 0 atom stereocenters. The van der Waals surface area contributed by atoms with Gasteiger partial charge in [0.2, 0.25) is 0 Å². The number of aliphatic carboxylic acids is 1. The highest BCUT2D eigenvalue weighted by atomic mass is 16.4. The van der Waals surface area contributed by atoms with E-state index in [2.05, 4.69) is 24.8 Å². The molecular formula is C20H14O3. The molecule has 0 amide bonds. The van der Waals surface area contributed by atoms with Gasteiger partial charge in [-0.05, 0) is 16.5 Å². The summed E-state index contributed by atoms with van der Waals surface area (Å²) in [4.78, 5) is 21.7. The molecule has 1 aliphatic rings. The Morgan fingerprint density at radius 1 is 0.826 bits per heavy atom. The third-order valence-corrected chi connectivity index (χ3v) is 3.79. The normalized spacial score (nSPS) is 11.2. The third kappa shape index (κ3) is 2.53. The number of fused-ring (bicyclic) bond motifs is 2. The van der Waals surface area contributed by atoms with Crippen molar-refractivity contribution in [2.45, 2.75) is 0 Å². The molecule has 3 aromatic rings. The number of carbonyl (C=O) groups is 2. The number of carboxylic acids is 1. The number of benzene rings is 3. The molecule has 0 aromatic heterocycles. The Kier molecular flexibility index (Phi) is 3.77. The van der Waals surface area contributed by atoms with Gasteiger partial charge in [-0.3, -0.25) is 4.79 Å². The summed E-state index contributed by atoms with van der Waals surface area (Å²) >= 11 is 0. The molecule has 1 N–H and O–H groups in total. The fourth-order valence-corrected chi connectivity index (χ4v) is 2.82. The van der Waals surface area contributed by atoms with E-state index in [1.807, 2.05) is 42.5 Å². The lowest BCUT2D eigenvalue weighted by Gasteiger charge is -2.19. The van der Waals surface area contributed by atoms with Crippen LogP contribution in [0.2, 0.25) is 0 Å². The zero-order chi connectivity index (χ0) is 16.4. The zero-order valence-electron chi connectivity index (χ0n) is 12.3. The second-order valence-electron chi connectivity index (χ2n) is 5.13. The van der Waals surface area contributed by atoms with Crippen LogP contribution in [0.1, 0.15) is 15.9 Å². The second kappa shape index (κ2) is 5.89. The highest BCUT2D eigenvalue weighted by molar-refractivity contribution is 6.25. The predicted octanol–water partition coefficient (Wildman–Crippen LogP) is 4.31. The minimum atomic E-state index is -0.981. The van der Waals surface area contributed by atoms with Gasteiger partial charge in [0, 0.05) is 22.6 Å². The van der Waals surface area contributed by atoms with Crippen LogP contribution in [-0.4, -0.2) is 16.9 Å². The largest absolute Gasteiger partial charge is 0.478 e. The van der Waals surface area contributed by atoms with Gasteiger partial charge in [-0.15, -0.1) is 0 Å². The Bertz CT molecular complexity index is 933. The van der Waals surface area contributed by atoms with Crippen LogP contribution in [0.5, 0.6) is 0 Å². The van der Waals surface area contributed by atoms with E-state index in [-0.39, 0.29) is 5.78 Å². The first-order valence-corrected chi connectivity index (χ1v) is 7.14. The van der Waals surface area contributed by atoms with Gasteiger partial charge in [-0.1, -0.05) is 67.2 Å². The molecule has 4 rings (SSSR count). The van der Waals surface area contributed by atoms with Crippen LogP contribution in [0.15, 0.2) is 73.3 Å². The van der Waals surface area contributed by atoms with E-state index in [1.165, 1.54) is 5.56 Å². The summed E-state index contributed by atoms with van der Waals surface area (Å²) in [5.41, 5.74) is 3.84. The lowest BCUT2D eigenvalue weighted by atomic mass is 9.83. The average Bonchev–Trinajstić information content (AvgIpc) is 2.60. The van der Waals surface area contributed by atoms with E-state index in [0.29, 0.717) is 0 Å². The Labute approximate surface area is 133 Å². The summed E-state index contributed by atoms with van der Waals surface area (Å²) in [6, 6.07) is 20.0. The average molecular weight is 302 g/mol. The van der Waals surface area contributed by atoms with Crippen LogP contribution in [0.25, 0.3) is 21.9 Å². The molecule has 0 bridgehead atoms. The lowest BCUT2D eigenvalue weighted by Crippen LogP contribution is -2.09. The predicted molar refractivity (Wildman–Crippen MR) is 90.6 cm³/mol. The van der Waals surface area contributed by atoms with Gasteiger partial charge in [0.05, 0.1) is 0 Å². The fourth-order valence-electron chi connectivity index (χ4n) is 2.82. The van der Waals surface area contributed by atoms with Gasteiger partial charge in [0.25, 0.3) is 0 Å². The number of hydrogen-bond acceptors (Lipinski definition) is 2. The summed E-state index contributed by atoms with van der Waals surface area (Å²) in [6.45, 7) is 2.96. The summed E-state index contributed by atoms with van der Waals surface area (Å²) in [7, 11) is 0. The number of ketones is 1. The molecule has 0 aliphatic heterocycles. The van der Waals surface area contributed by atoms with E-state index in [9.17, 15) is 9.59 Å². The van der Waals surface area contributed by atoms with Crippen LogP contribution >= 0.6 is 0 Å². The fraction of sp³-hybridized carbons (Fsp3) is 0. The monoisotopic (exact) mass is 302 g/mol. The number of carbonyl (C=O) groups excluding carboxylic acids is 1. The Morgan fingerprint density at radius 3 is 1.96 bits per heavy atom. The highest BCUT2D eigenvalue weighted by Gasteiger charge is 2.23. The molecule has 0 heterocycles. The molecule has 3 aromatic carbocycles. The molecule has 0 unspecified atom stereocenters. The number of hydrogen-bond donors (Lipinski definition) is 1. The van der Waals surface area contributed by atoms with Crippen molar-refractivity contribution in [3.05, 3.63) is 84.4 Å². The zero-order valence-corrected chi connectivity index (χ0v) is 12.3. The second-order valence-corrected chi connectivity index (χ2v) is 5.13. The first-order chi connectivity index (χ1) is 11.1. The van der Waals surface area contributed by atoms with Crippen LogP contribution in [0, 0.1) is 0 Å². The molecule has 3 heteroatoms. The minimum absolute atomic E-state index is 0.134. The molecule has 0 fully saturated rings. The van der Waals surface area contributed by atoms with Crippen molar-refractivity contribution >= 4 is 22.5 Å². The SMILES string of the molecule is C=CC(=O)O.O=C1c2ccccc2-c2cccc3cccc1c23. The van der Waals surface area contributed by atoms with Crippen LogP contribution in [0.4, 0.5) is 0 Å². The topological polar surface area (TPSA) is 54.4 Å². The number of rotatable bonds is 1. The first kappa shape index (κ1) is 14.7. The highest BCUT2D eigenvalue weighted by Crippen LogP contribution is 2.38. The first-order valence-electron chi connectivity index (χ1n) is 7.14. The van der Waals surface area contributed by atoms with Crippen molar-refractivity contribution in [3.63, 3.8) is 0 Å². The third-order valence-electron chi connectivity index (χ3n) is 3.79. The van der Waals surface area contributed by atoms with E-state index < -0.39 is 5.97 Å². The van der Waals surface area contributed by atoms with Crippen molar-refractivity contribution in [1.82, 2.24) is 0 Å². The number of carboxylic acid groups (broad SMARTS) is 1. The molecule has 0 saturated heterocycles. The molecular weight excluding hydrogens is 288 g/mol. The Balaban J connectivity index is 0.000000276. The molecule has 0 radical (unpaired) electrons. The van der Waals surface area contributed by atoms with Gasteiger partial charge in [-0.25, -0.2) is 4.79 Å². The molecule has 0 spiro atoms. The maximum Gasteiger partial charge on any atom is 0.327 e. The van der Waals surface area contributed by atoms with Crippen LogP contribution in [0.3, 0.4) is 0 Å². The van der Waals surface area contributed by atoms with Gasteiger partial charge in [0.1, 0.15) is 0 Å². The summed E-state index contributed by atoms with van der Waals surface area (Å²) in [6.07, 6.45) is 0.833. The smallest absolute Gasteiger partial charge is 0.327 e. The van der Waals surface area contributed by atoms with Crippen molar-refractivity contribution in [3.8, 4) is 11.1 Å². The van der Waals surface area contributed by atoms with Crippen molar-refractivity contribution in [1.29, 1.82) is 0 Å². The van der Waals surface area contributed by atoms with Gasteiger partial charge in [-0.2, -0.15) is 0 Å². The molecule has 1 aliphatic carbocycles. The van der Waals surface area contributed by atoms with E-state index in [1.54, 1.807) is 0 Å².